The molecule has 0 radical (unpaired) electrons. The summed E-state index contributed by atoms with van der Waals surface area (Å²) < 4.78 is 31.8. The molecule has 1 atom stereocenters. The molecule has 5 rings (SSSR count). The zero-order valence-electron chi connectivity index (χ0n) is 16.9. The average molecular weight is 412 g/mol. The first-order valence-corrected chi connectivity index (χ1v) is 9.73. The number of pyridine rings is 1. The van der Waals surface area contributed by atoms with Crippen molar-refractivity contribution >= 4 is 17.1 Å². The molecule has 2 aliphatic rings. The molecule has 1 saturated heterocycles. The lowest BCUT2D eigenvalue weighted by Crippen LogP contribution is -2.42. The highest BCUT2D eigenvalue weighted by Crippen LogP contribution is 2.31. The van der Waals surface area contributed by atoms with Crippen LogP contribution in [0, 0.1) is 12.7 Å². The maximum Gasteiger partial charge on any atom is 0.416 e. The van der Waals surface area contributed by atoms with Gasteiger partial charge >= 0.3 is 6.09 Å². The largest absolute Gasteiger partial charge is 0.416 e. The van der Waals surface area contributed by atoms with E-state index in [1.807, 2.05) is 26.8 Å². The Morgan fingerprint density at radius 3 is 2.73 bits per heavy atom. The molecule has 1 amide bonds. The zero-order chi connectivity index (χ0) is 21.0. The molecule has 2 aliphatic heterocycles. The van der Waals surface area contributed by atoms with Gasteiger partial charge in [-0.05, 0) is 51.1 Å². The molecule has 3 aromatic rings. The minimum atomic E-state index is -0.651. The Morgan fingerprint density at radius 1 is 1.27 bits per heavy atom. The number of hydrogen-bond acceptors (Lipinski definition) is 6. The van der Waals surface area contributed by atoms with Crippen molar-refractivity contribution in [1.29, 1.82) is 0 Å². The number of rotatable bonds is 3. The van der Waals surface area contributed by atoms with E-state index in [0.717, 1.165) is 16.6 Å². The molecule has 0 bridgehead atoms. The third-order valence-corrected chi connectivity index (χ3v) is 5.25. The predicted molar refractivity (Wildman–Crippen MR) is 105 cm³/mol. The smallest absolute Gasteiger partial charge is 0.391 e. The Bertz CT molecular complexity index is 1140. The van der Waals surface area contributed by atoms with Crippen LogP contribution in [-0.2, 0) is 16.0 Å². The molecule has 0 spiro atoms. The number of ether oxygens (including phenoxy) is 3. The summed E-state index contributed by atoms with van der Waals surface area (Å²) in [5.74, 6) is -0.718. The minimum Gasteiger partial charge on any atom is -0.391 e. The SMILES string of the molecule is Cc1nn(-c2ccc(F)cc2)c2nc3c(cc12)CN(CC1COC(C)(C)O1)C(=O)O3. The molecule has 1 unspecified atom stereocenters. The van der Waals surface area contributed by atoms with E-state index < -0.39 is 11.9 Å². The Morgan fingerprint density at radius 2 is 2.03 bits per heavy atom. The molecular weight excluding hydrogens is 391 g/mol. The first-order valence-electron chi connectivity index (χ1n) is 9.73. The highest BCUT2D eigenvalue weighted by atomic mass is 19.1. The van der Waals surface area contributed by atoms with Crippen LogP contribution < -0.4 is 4.74 Å². The van der Waals surface area contributed by atoms with E-state index in [0.29, 0.717) is 31.0 Å². The molecule has 0 aliphatic carbocycles. The van der Waals surface area contributed by atoms with Crippen molar-refractivity contribution in [2.45, 2.75) is 39.2 Å². The number of amides is 1. The van der Waals surface area contributed by atoms with Crippen LogP contribution in [0.2, 0.25) is 0 Å². The third-order valence-electron chi connectivity index (χ3n) is 5.25. The van der Waals surface area contributed by atoms with Gasteiger partial charge in [-0.3, -0.25) is 0 Å². The van der Waals surface area contributed by atoms with Gasteiger partial charge in [-0.15, -0.1) is 0 Å². The average Bonchev–Trinajstić information content (AvgIpc) is 3.20. The van der Waals surface area contributed by atoms with Crippen molar-refractivity contribution in [3.05, 3.63) is 47.4 Å². The van der Waals surface area contributed by atoms with Crippen LogP contribution in [0.3, 0.4) is 0 Å². The highest BCUT2D eigenvalue weighted by molar-refractivity contribution is 5.83. The Labute approximate surface area is 172 Å². The minimum absolute atomic E-state index is 0.214. The maximum absolute atomic E-state index is 13.3. The maximum atomic E-state index is 13.3. The van der Waals surface area contributed by atoms with Gasteiger partial charge in [-0.1, -0.05) is 0 Å². The molecule has 1 fully saturated rings. The summed E-state index contributed by atoms with van der Waals surface area (Å²) in [7, 11) is 0. The van der Waals surface area contributed by atoms with Crippen LogP contribution in [0.4, 0.5) is 9.18 Å². The van der Waals surface area contributed by atoms with Gasteiger partial charge in [0.1, 0.15) is 11.9 Å². The second kappa shape index (κ2) is 6.75. The predicted octanol–water partition coefficient (Wildman–Crippen LogP) is 3.33. The van der Waals surface area contributed by atoms with Crippen molar-refractivity contribution in [3.63, 3.8) is 0 Å². The van der Waals surface area contributed by atoms with Crippen LogP contribution in [-0.4, -0.2) is 50.8 Å². The van der Waals surface area contributed by atoms with Crippen molar-refractivity contribution in [1.82, 2.24) is 19.7 Å². The second-order valence-electron chi connectivity index (χ2n) is 8.00. The van der Waals surface area contributed by atoms with Gasteiger partial charge in [0.25, 0.3) is 0 Å². The van der Waals surface area contributed by atoms with E-state index in [1.54, 1.807) is 21.7 Å². The van der Waals surface area contributed by atoms with Gasteiger partial charge in [0.15, 0.2) is 11.4 Å². The number of carbonyl (C=O) groups excluding carboxylic acids is 1. The number of halogens is 1. The summed E-state index contributed by atoms with van der Waals surface area (Å²) in [6.45, 7) is 6.73. The van der Waals surface area contributed by atoms with Crippen molar-refractivity contribution in [2.75, 3.05) is 13.2 Å². The molecule has 8 nitrogen and oxygen atoms in total. The molecule has 1 aromatic carbocycles. The summed E-state index contributed by atoms with van der Waals surface area (Å²) >= 11 is 0. The lowest BCUT2D eigenvalue weighted by Gasteiger charge is -2.29. The van der Waals surface area contributed by atoms with Gasteiger partial charge in [0, 0.05) is 10.9 Å². The van der Waals surface area contributed by atoms with Crippen LogP contribution in [0.25, 0.3) is 16.7 Å². The summed E-state index contributed by atoms with van der Waals surface area (Å²) in [6.07, 6.45) is -0.694. The summed E-state index contributed by atoms with van der Waals surface area (Å²) in [5.41, 5.74) is 2.80. The molecule has 4 heterocycles. The number of benzene rings is 1. The number of aryl methyl sites for hydroxylation is 1. The molecule has 9 heteroatoms. The standard InChI is InChI=1S/C21H21FN4O4/c1-12-17-8-13-9-25(10-16-11-28-21(2,3)30-16)20(27)29-19(13)23-18(17)26(24-12)15-6-4-14(22)5-7-15/h4-8,16H,9-11H2,1-3H3. The van der Waals surface area contributed by atoms with Crippen molar-refractivity contribution in [3.8, 4) is 11.6 Å². The van der Waals surface area contributed by atoms with E-state index in [1.165, 1.54) is 12.1 Å². The van der Waals surface area contributed by atoms with Gasteiger partial charge in [0.05, 0.1) is 31.1 Å². The Hall–Kier alpha value is -3.04. The first-order chi connectivity index (χ1) is 14.3. The lowest BCUT2D eigenvalue weighted by atomic mass is 10.1. The molecule has 30 heavy (non-hydrogen) atoms. The Balaban J connectivity index is 1.46. The molecule has 2 aromatic heterocycles. The normalized spacial score (nSPS) is 20.5. The summed E-state index contributed by atoms with van der Waals surface area (Å²) in [6, 6.07) is 7.92. The zero-order valence-corrected chi connectivity index (χ0v) is 16.9. The van der Waals surface area contributed by atoms with Gasteiger partial charge in [-0.25, -0.2) is 13.9 Å². The van der Waals surface area contributed by atoms with Crippen LogP contribution in [0.15, 0.2) is 30.3 Å². The highest BCUT2D eigenvalue weighted by Gasteiger charge is 2.36. The number of hydrogen-bond donors (Lipinski definition) is 0. The Kier molecular flexibility index (Phi) is 4.26. The van der Waals surface area contributed by atoms with Crippen molar-refractivity contribution < 1.29 is 23.4 Å². The fraction of sp³-hybridized carbons (Fsp3) is 0.381. The lowest BCUT2D eigenvalue weighted by molar-refractivity contribution is -0.140. The number of carbonyl (C=O) groups is 1. The molecule has 0 saturated carbocycles. The number of fused-ring (bicyclic) bond motifs is 2. The van der Waals surface area contributed by atoms with Gasteiger partial charge in [-0.2, -0.15) is 10.1 Å². The van der Waals surface area contributed by atoms with E-state index in [2.05, 4.69) is 10.1 Å². The number of aromatic nitrogens is 3. The second-order valence-corrected chi connectivity index (χ2v) is 8.00. The van der Waals surface area contributed by atoms with E-state index in [4.69, 9.17) is 14.2 Å². The fourth-order valence-electron chi connectivity index (χ4n) is 3.83. The summed E-state index contributed by atoms with van der Waals surface area (Å²) in [5, 5.41) is 5.38. The molecule has 156 valence electrons. The summed E-state index contributed by atoms with van der Waals surface area (Å²) in [4.78, 5) is 18.7. The van der Waals surface area contributed by atoms with E-state index in [9.17, 15) is 9.18 Å². The molecular formula is C21H21FN4O4. The van der Waals surface area contributed by atoms with Crippen LogP contribution >= 0.6 is 0 Å². The van der Waals surface area contributed by atoms with E-state index in [-0.39, 0.29) is 17.8 Å². The quantitative estimate of drug-likeness (QED) is 0.657. The van der Waals surface area contributed by atoms with Gasteiger partial charge < -0.3 is 19.1 Å². The van der Waals surface area contributed by atoms with Crippen LogP contribution in [0.1, 0.15) is 25.1 Å². The number of nitrogens with zero attached hydrogens (tertiary/aromatic N) is 4. The fourth-order valence-corrected chi connectivity index (χ4v) is 3.83. The van der Waals surface area contributed by atoms with Gasteiger partial charge in [0.2, 0.25) is 5.88 Å². The van der Waals surface area contributed by atoms with Crippen LogP contribution in [0.5, 0.6) is 5.88 Å². The topological polar surface area (TPSA) is 78.7 Å². The molecule has 0 N–H and O–H groups in total. The first kappa shape index (κ1) is 19.0. The van der Waals surface area contributed by atoms with Crippen molar-refractivity contribution in [2.24, 2.45) is 0 Å². The van der Waals surface area contributed by atoms with E-state index >= 15 is 0 Å². The third kappa shape index (κ3) is 3.29. The monoisotopic (exact) mass is 412 g/mol.